The average molecular weight is 425 g/mol. The van der Waals surface area contributed by atoms with Crippen molar-refractivity contribution in [1.29, 1.82) is 0 Å². The molecule has 1 aromatic carbocycles. The van der Waals surface area contributed by atoms with Crippen LogP contribution in [0.25, 0.3) is 0 Å². The van der Waals surface area contributed by atoms with Crippen molar-refractivity contribution in [1.82, 2.24) is 0 Å². The molecule has 2 aliphatic rings. The lowest BCUT2D eigenvalue weighted by Gasteiger charge is -2.38. The third-order valence-electron chi connectivity index (χ3n) is 6.77. The average Bonchev–Trinajstić information content (AvgIpc) is 2.79. The maximum Gasteiger partial charge on any atom is 0.194 e. The summed E-state index contributed by atoms with van der Waals surface area (Å²) in [6, 6.07) is 2.39. The molecule has 2 fully saturated rings. The van der Waals surface area contributed by atoms with E-state index in [1.165, 1.54) is 57.1 Å². The minimum Gasteiger partial charge on any atom is -0.255 e. The van der Waals surface area contributed by atoms with Crippen molar-refractivity contribution in [3.63, 3.8) is 0 Å². The van der Waals surface area contributed by atoms with Crippen molar-refractivity contribution in [3.05, 3.63) is 35.1 Å². The van der Waals surface area contributed by atoms with Gasteiger partial charge in [-0.05, 0) is 79.9 Å². The van der Waals surface area contributed by atoms with Crippen LogP contribution in [0.15, 0.2) is 12.1 Å². The fourth-order valence-corrected chi connectivity index (χ4v) is 5.18. The van der Waals surface area contributed by atoms with Gasteiger partial charge in [-0.2, -0.15) is 0 Å². The van der Waals surface area contributed by atoms with Crippen LogP contribution >= 0.6 is 0 Å². The first-order valence-corrected chi connectivity index (χ1v) is 10.7. The molecule has 29 heavy (non-hydrogen) atoms. The van der Waals surface area contributed by atoms with Gasteiger partial charge in [0.2, 0.25) is 0 Å². The van der Waals surface area contributed by atoms with Gasteiger partial charge in [-0.25, -0.2) is 13.2 Å². The Balaban J connectivity index is 0.000000989. The van der Waals surface area contributed by atoms with E-state index in [0.29, 0.717) is 12.7 Å². The number of alkyl halides is 1. The highest BCUT2D eigenvalue weighted by Crippen LogP contribution is 2.44. The predicted molar refractivity (Wildman–Crippen MR) is 105 cm³/mol. The molecule has 0 atom stereocenters. The van der Waals surface area contributed by atoms with Gasteiger partial charge in [-0.3, -0.25) is 4.39 Å². The molecule has 0 radical (unpaired) electrons. The number of benzene rings is 1. The fraction of sp³-hybridized carbons (Fsp3) is 0.739. The maximum absolute atomic E-state index is 13.5. The molecular formula is C23H34F6. The summed E-state index contributed by atoms with van der Waals surface area (Å²) in [5, 5.41) is 0. The molecule has 2 aliphatic carbocycles. The Morgan fingerprint density at radius 1 is 0.759 bits per heavy atom. The van der Waals surface area contributed by atoms with Crippen molar-refractivity contribution in [3.8, 4) is 0 Å². The Morgan fingerprint density at radius 2 is 1.21 bits per heavy atom. The second-order valence-electron chi connectivity index (χ2n) is 8.33. The Hall–Kier alpha value is -1.20. The topological polar surface area (TPSA) is 0 Å². The molecule has 0 bridgehead atoms. The first-order chi connectivity index (χ1) is 14.1. The van der Waals surface area contributed by atoms with Gasteiger partial charge in [-0.1, -0.05) is 39.0 Å². The predicted octanol–water partition coefficient (Wildman–Crippen LogP) is 8.80. The third kappa shape index (κ3) is 7.53. The van der Waals surface area contributed by atoms with Crippen molar-refractivity contribution in [2.45, 2.75) is 83.5 Å². The summed E-state index contributed by atoms with van der Waals surface area (Å²) in [6.07, 6.45) is 13.8. The second-order valence-corrected chi connectivity index (χ2v) is 8.33. The van der Waals surface area contributed by atoms with E-state index in [4.69, 9.17) is 9.15 Å². The lowest BCUT2D eigenvalue weighted by atomic mass is 9.68. The largest absolute Gasteiger partial charge is 0.255 e. The Labute approximate surface area is 170 Å². The van der Waals surface area contributed by atoms with E-state index < -0.39 is 17.5 Å². The molecule has 0 aromatic heterocycles. The lowest BCUT2D eigenvalue weighted by molar-refractivity contribution is 0.108. The highest BCUT2D eigenvalue weighted by atomic mass is 20.0. The summed E-state index contributed by atoms with van der Waals surface area (Å²) in [5.74, 6) is -0.708. The van der Waals surface area contributed by atoms with E-state index in [9.17, 15) is 17.6 Å². The third-order valence-corrected chi connectivity index (χ3v) is 6.77. The second kappa shape index (κ2) is 13.9. The van der Waals surface area contributed by atoms with Crippen LogP contribution in [0.3, 0.4) is 0 Å². The first kappa shape index (κ1) is 25.8. The van der Waals surface area contributed by atoms with Gasteiger partial charge in [-0.15, -0.1) is 0 Å². The number of hydrogen-bond acceptors (Lipinski definition) is 0. The van der Waals surface area contributed by atoms with E-state index in [-0.39, 0.29) is 5.92 Å². The van der Waals surface area contributed by atoms with Crippen LogP contribution in [0.2, 0.25) is 0 Å². The monoisotopic (exact) mass is 424 g/mol. The highest BCUT2D eigenvalue weighted by Gasteiger charge is 2.31. The first-order valence-electron chi connectivity index (χ1n) is 10.7. The molecular weight excluding hydrogens is 390 g/mol. The van der Waals surface area contributed by atoms with Crippen molar-refractivity contribution in [2.75, 3.05) is 7.18 Å². The summed E-state index contributed by atoms with van der Waals surface area (Å²) in [7, 11) is 0.500. The maximum atomic E-state index is 13.5. The number of hydrogen-bond donors (Lipinski definition) is 0. The normalized spacial score (nSPS) is 26.6. The minimum atomic E-state index is -1.35. The van der Waals surface area contributed by atoms with Crippen LogP contribution < -0.4 is 0 Å². The smallest absolute Gasteiger partial charge is 0.194 e. The zero-order valence-corrected chi connectivity index (χ0v) is 17.5. The summed E-state index contributed by atoms with van der Waals surface area (Å²) < 4.78 is 65.6. The van der Waals surface area contributed by atoms with Gasteiger partial charge < -0.3 is 0 Å². The van der Waals surface area contributed by atoms with E-state index >= 15 is 0 Å². The SMILES string of the molecule is CCCCC1CCC(C2CCC(c3cc(F)c(F)c(F)c3)CC2)CC1.CF.FF. The van der Waals surface area contributed by atoms with Gasteiger partial charge in [0.05, 0.1) is 7.18 Å². The van der Waals surface area contributed by atoms with Crippen LogP contribution in [0.4, 0.5) is 26.7 Å². The van der Waals surface area contributed by atoms with Crippen LogP contribution in [0.5, 0.6) is 0 Å². The summed E-state index contributed by atoms with van der Waals surface area (Å²) >= 11 is 0. The van der Waals surface area contributed by atoms with Gasteiger partial charge in [0.1, 0.15) is 0 Å². The molecule has 1 aromatic rings. The standard InChI is InChI=1S/C22H31F3.CH3F.F2/c1-2-3-4-15-5-7-16(8-6-15)17-9-11-18(12-10-17)19-13-20(23)22(25)21(24)14-19;2*1-2/h13-18H,2-12H2,1H3;1H3;. The highest BCUT2D eigenvalue weighted by molar-refractivity contribution is 5.23. The molecule has 3 rings (SSSR count). The van der Waals surface area contributed by atoms with Gasteiger partial charge in [0, 0.05) is 9.15 Å². The molecule has 0 spiro atoms. The van der Waals surface area contributed by atoms with Crippen LogP contribution in [-0.4, -0.2) is 7.18 Å². The summed E-state index contributed by atoms with van der Waals surface area (Å²) in [6.45, 7) is 2.27. The molecule has 0 amide bonds. The zero-order valence-electron chi connectivity index (χ0n) is 17.5. The minimum absolute atomic E-state index is 0.182. The molecule has 0 unspecified atom stereocenters. The molecule has 0 N–H and O–H groups in total. The lowest BCUT2D eigenvalue weighted by Crippen LogP contribution is -2.25. The van der Waals surface area contributed by atoms with E-state index in [2.05, 4.69) is 6.92 Å². The van der Waals surface area contributed by atoms with Gasteiger partial charge in [0.25, 0.3) is 0 Å². The van der Waals surface area contributed by atoms with Crippen LogP contribution in [0, 0.1) is 35.2 Å². The molecule has 2 saturated carbocycles. The fourth-order valence-electron chi connectivity index (χ4n) is 5.18. The summed E-state index contributed by atoms with van der Waals surface area (Å²) in [4.78, 5) is 0. The van der Waals surface area contributed by atoms with Crippen molar-refractivity contribution < 1.29 is 26.7 Å². The molecule has 0 nitrogen and oxygen atoms in total. The van der Waals surface area contributed by atoms with Crippen molar-refractivity contribution >= 4 is 0 Å². The van der Waals surface area contributed by atoms with E-state index in [0.717, 1.165) is 43.4 Å². The van der Waals surface area contributed by atoms with Crippen LogP contribution in [-0.2, 0) is 0 Å². The number of halogens is 6. The van der Waals surface area contributed by atoms with Crippen LogP contribution in [0.1, 0.15) is 89.0 Å². The van der Waals surface area contributed by atoms with Gasteiger partial charge >= 0.3 is 0 Å². The molecule has 0 heterocycles. The molecule has 6 heteroatoms. The molecule has 168 valence electrons. The van der Waals surface area contributed by atoms with E-state index in [1.54, 1.807) is 0 Å². The zero-order chi connectivity index (χ0) is 21.8. The molecule has 0 aliphatic heterocycles. The number of unbranched alkanes of at least 4 members (excludes halogenated alkanes) is 1. The Kier molecular flexibility index (Phi) is 12.4. The number of rotatable bonds is 5. The molecule has 0 saturated heterocycles. The Morgan fingerprint density at radius 3 is 1.66 bits per heavy atom. The quantitative estimate of drug-likeness (QED) is 0.327. The van der Waals surface area contributed by atoms with Gasteiger partial charge in [0.15, 0.2) is 17.5 Å². The van der Waals surface area contributed by atoms with Crippen molar-refractivity contribution in [2.24, 2.45) is 17.8 Å². The van der Waals surface area contributed by atoms with E-state index in [1.807, 2.05) is 0 Å². The summed E-state index contributed by atoms with van der Waals surface area (Å²) in [5.41, 5.74) is 0.637. The Bertz CT molecular complexity index is 537.